The van der Waals surface area contributed by atoms with Crippen LogP contribution >= 0.6 is 0 Å². The summed E-state index contributed by atoms with van der Waals surface area (Å²) in [6, 6.07) is 17.8. The third kappa shape index (κ3) is 2.58. The van der Waals surface area contributed by atoms with Crippen molar-refractivity contribution in [3.05, 3.63) is 65.2 Å². The van der Waals surface area contributed by atoms with Gasteiger partial charge in [0.05, 0.1) is 0 Å². The lowest BCUT2D eigenvalue weighted by Gasteiger charge is -2.19. The lowest BCUT2D eigenvalue weighted by atomic mass is 9.93. The second-order valence-electron chi connectivity index (χ2n) is 5.89. The SMILES string of the molecule is CCCN1CC(Cc2ccccc2)c2cc(C)ccc21. The molecule has 0 fully saturated rings. The minimum absolute atomic E-state index is 0.638. The molecule has 2 aromatic rings. The Bertz CT molecular complexity index is 574. The molecule has 1 aliphatic rings. The fourth-order valence-corrected chi connectivity index (χ4v) is 3.31. The molecule has 0 aromatic heterocycles. The molecular formula is C19H23N. The zero-order valence-corrected chi connectivity index (χ0v) is 12.5. The number of hydrogen-bond acceptors (Lipinski definition) is 1. The molecule has 104 valence electrons. The van der Waals surface area contributed by atoms with E-state index in [2.05, 4.69) is 67.3 Å². The molecule has 1 heterocycles. The Morgan fingerprint density at radius 1 is 1.10 bits per heavy atom. The van der Waals surface area contributed by atoms with Crippen LogP contribution < -0.4 is 4.90 Å². The van der Waals surface area contributed by atoms with Crippen LogP contribution in [0.25, 0.3) is 0 Å². The van der Waals surface area contributed by atoms with Crippen LogP contribution in [-0.2, 0) is 6.42 Å². The highest BCUT2D eigenvalue weighted by molar-refractivity contribution is 5.61. The zero-order valence-electron chi connectivity index (χ0n) is 12.5. The Morgan fingerprint density at radius 2 is 1.90 bits per heavy atom. The number of nitrogens with zero attached hydrogens (tertiary/aromatic N) is 1. The normalized spacial score (nSPS) is 17.3. The van der Waals surface area contributed by atoms with Crippen LogP contribution in [-0.4, -0.2) is 13.1 Å². The largest absolute Gasteiger partial charge is 0.371 e. The molecule has 0 radical (unpaired) electrons. The Morgan fingerprint density at radius 3 is 2.65 bits per heavy atom. The highest BCUT2D eigenvalue weighted by Gasteiger charge is 2.27. The van der Waals surface area contributed by atoms with Crippen molar-refractivity contribution in [3.8, 4) is 0 Å². The van der Waals surface area contributed by atoms with Crippen LogP contribution in [0.3, 0.4) is 0 Å². The monoisotopic (exact) mass is 265 g/mol. The van der Waals surface area contributed by atoms with E-state index in [0.29, 0.717) is 5.92 Å². The van der Waals surface area contributed by atoms with Gasteiger partial charge in [-0.05, 0) is 37.0 Å². The van der Waals surface area contributed by atoms with Gasteiger partial charge >= 0.3 is 0 Å². The molecule has 1 heteroatoms. The summed E-state index contributed by atoms with van der Waals surface area (Å²) in [6.07, 6.45) is 2.36. The van der Waals surface area contributed by atoms with Gasteiger partial charge in [0.1, 0.15) is 0 Å². The van der Waals surface area contributed by atoms with E-state index in [9.17, 15) is 0 Å². The summed E-state index contributed by atoms with van der Waals surface area (Å²) in [4.78, 5) is 2.56. The van der Waals surface area contributed by atoms with E-state index in [1.807, 2.05) is 0 Å². The number of rotatable bonds is 4. The Balaban J connectivity index is 1.88. The third-order valence-corrected chi connectivity index (χ3v) is 4.22. The summed E-state index contributed by atoms with van der Waals surface area (Å²) >= 11 is 0. The predicted octanol–water partition coefficient (Wildman–Crippen LogP) is 4.55. The van der Waals surface area contributed by atoms with Crippen LogP contribution in [0.15, 0.2) is 48.5 Å². The molecule has 0 amide bonds. The molecule has 1 nitrogen and oxygen atoms in total. The second-order valence-corrected chi connectivity index (χ2v) is 5.89. The molecular weight excluding hydrogens is 242 g/mol. The molecule has 1 aliphatic heterocycles. The van der Waals surface area contributed by atoms with E-state index in [-0.39, 0.29) is 0 Å². The standard InChI is InChI=1S/C19H23N/c1-3-11-20-14-17(13-16-7-5-4-6-8-16)18-12-15(2)9-10-19(18)20/h4-10,12,17H,3,11,13-14H2,1-2H3. The minimum Gasteiger partial charge on any atom is -0.371 e. The van der Waals surface area contributed by atoms with Crippen LogP contribution in [0.5, 0.6) is 0 Å². The maximum atomic E-state index is 2.56. The highest BCUT2D eigenvalue weighted by Crippen LogP contribution is 2.38. The van der Waals surface area contributed by atoms with Gasteiger partial charge in [0.25, 0.3) is 0 Å². The van der Waals surface area contributed by atoms with Crippen LogP contribution in [0.2, 0.25) is 0 Å². The molecule has 0 spiro atoms. The summed E-state index contributed by atoms with van der Waals surface area (Å²) in [5.74, 6) is 0.638. The van der Waals surface area contributed by atoms with E-state index in [4.69, 9.17) is 0 Å². The predicted molar refractivity (Wildman–Crippen MR) is 86.6 cm³/mol. The first kappa shape index (κ1) is 13.2. The van der Waals surface area contributed by atoms with Gasteiger partial charge in [-0.25, -0.2) is 0 Å². The summed E-state index contributed by atoms with van der Waals surface area (Å²) in [5, 5.41) is 0. The van der Waals surface area contributed by atoms with Crippen molar-refractivity contribution in [2.24, 2.45) is 0 Å². The summed E-state index contributed by atoms with van der Waals surface area (Å²) < 4.78 is 0. The fourth-order valence-electron chi connectivity index (χ4n) is 3.31. The number of benzene rings is 2. The number of aryl methyl sites for hydroxylation is 1. The van der Waals surface area contributed by atoms with Gasteiger partial charge in [0.2, 0.25) is 0 Å². The molecule has 20 heavy (non-hydrogen) atoms. The van der Waals surface area contributed by atoms with Gasteiger partial charge in [-0.3, -0.25) is 0 Å². The van der Waals surface area contributed by atoms with Gasteiger partial charge in [-0.2, -0.15) is 0 Å². The summed E-state index contributed by atoms with van der Waals surface area (Å²) in [6.45, 7) is 6.80. The van der Waals surface area contributed by atoms with E-state index in [1.165, 1.54) is 36.3 Å². The van der Waals surface area contributed by atoms with Crippen LogP contribution in [0.4, 0.5) is 5.69 Å². The van der Waals surface area contributed by atoms with E-state index >= 15 is 0 Å². The average molecular weight is 265 g/mol. The maximum Gasteiger partial charge on any atom is 0.0402 e. The van der Waals surface area contributed by atoms with E-state index < -0.39 is 0 Å². The third-order valence-electron chi connectivity index (χ3n) is 4.22. The smallest absolute Gasteiger partial charge is 0.0402 e. The zero-order chi connectivity index (χ0) is 13.9. The minimum atomic E-state index is 0.638. The lowest BCUT2D eigenvalue weighted by Crippen LogP contribution is -2.23. The second kappa shape index (κ2) is 5.70. The van der Waals surface area contributed by atoms with Crippen molar-refractivity contribution in [2.75, 3.05) is 18.0 Å². The number of hydrogen-bond donors (Lipinski definition) is 0. The first-order valence-electron chi connectivity index (χ1n) is 7.67. The van der Waals surface area contributed by atoms with Gasteiger partial charge in [-0.15, -0.1) is 0 Å². The average Bonchev–Trinajstić information content (AvgIpc) is 2.78. The van der Waals surface area contributed by atoms with Gasteiger partial charge in [0.15, 0.2) is 0 Å². The topological polar surface area (TPSA) is 3.24 Å². The molecule has 0 bridgehead atoms. The Hall–Kier alpha value is -1.76. The molecule has 0 N–H and O–H groups in total. The van der Waals surface area contributed by atoms with Crippen molar-refractivity contribution in [1.29, 1.82) is 0 Å². The first-order chi connectivity index (χ1) is 9.78. The van der Waals surface area contributed by atoms with Gasteiger partial charge in [-0.1, -0.05) is 55.0 Å². The summed E-state index contributed by atoms with van der Waals surface area (Å²) in [7, 11) is 0. The molecule has 0 saturated carbocycles. The molecule has 1 atom stereocenters. The van der Waals surface area contributed by atoms with Gasteiger partial charge in [0, 0.05) is 24.7 Å². The van der Waals surface area contributed by atoms with Crippen molar-refractivity contribution < 1.29 is 0 Å². The molecule has 0 saturated heterocycles. The Labute approximate surface area is 122 Å². The molecule has 3 rings (SSSR count). The molecule has 0 aliphatic carbocycles. The molecule has 1 unspecified atom stereocenters. The quantitative estimate of drug-likeness (QED) is 0.784. The molecule has 2 aromatic carbocycles. The van der Waals surface area contributed by atoms with E-state index in [0.717, 1.165) is 6.42 Å². The van der Waals surface area contributed by atoms with E-state index in [1.54, 1.807) is 5.56 Å². The lowest BCUT2D eigenvalue weighted by molar-refractivity contribution is 0.681. The van der Waals surface area contributed by atoms with Gasteiger partial charge < -0.3 is 4.90 Å². The van der Waals surface area contributed by atoms with Crippen molar-refractivity contribution in [3.63, 3.8) is 0 Å². The number of fused-ring (bicyclic) bond motifs is 1. The number of anilines is 1. The van der Waals surface area contributed by atoms with Crippen molar-refractivity contribution in [1.82, 2.24) is 0 Å². The summed E-state index contributed by atoms with van der Waals surface area (Å²) in [5.41, 5.74) is 5.82. The van der Waals surface area contributed by atoms with Crippen LogP contribution in [0, 0.1) is 6.92 Å². The van der Waals surface area contributed by atoms with Crippen molar-refractivity contribution in [2.45, 2.75) is 32.6 Å². The van der Waals surface area contributed by atoms with Crippen LogP contribution in [0.1, 0.15) is 36.0 Å². The maximum absolute atomic E-state index is 2.56. The first-order valence-corrected chi connectivity index (χ1v) is 7.67. The highest BCUT2D eigenvalue weighted by atomic mass is 15.1. The Kier molecular flexibility index (Phi) is 3.77. The van der Waals surface area contributed by atoms with Crippen molar-refractivity contribution >= 4 is 5.69 Å². The fraction of sp³-hybridized carbons (Fsp3) is 0.368.